The Bertz CT molecular complexity index is 853. The van der Waals surface area contributed by atoms with Gasteiger partial charge in [0.1, 0.15) is 0 Å². The number of halogens is 1. The highest BCUT2D eigenvalue weighted by molar-refractivity contribution is 6.30. The molecule has 1 aliphatic rings. The van der Waals surface area contributed by atoms with Gasteiger partial charge in [0.05, 0.1) is 22.8 Å². The van der Waals surface area contributed by atoms with E-state index >= 15 is 0 Å². The minimum atomic E-state index is -0.567. The van der Waals surface area contributed by atoms with Crippen molar-refractivity contribution >= 4 is 29.4 Å². The van der Waals surface area contributed by atoms with E-state index in [9.17, 15) is 14.9 Å². The monoisotopic (exact) mass is 347 g/mol. The van der Waals surface area contributed by atoms with E-state index in [0.717, 1.165) is 0 Å². The molecule has 9 heteroatoms. The maximum absolute atomic E-state index is 11.9. The summed E-state index contributed by atoms with van der Waals surface area (Å²) >= 11 is 5.81. The van der Waals surface area contributed by atoms with Gasteiger partial charge in [-0.25, -0.2) is 5.43 Å². The van der Waals surface area contributed by atoms with Crippen LogP contribution in [0.15, 0.2) is 41.5 Å². The van der Waals surface area contributed by atoms with E-state index < -0.39 is 10.8 Å². The van der Waals surface area contributed by atoms with Gasteiger partial charge in [-0.1, -0.05) is 17.7 Å². The van der Waals surface area contributed by atoms with Crippen LogP contribution >= 0.6 is 11.6 Å². The number of hydrogen-bond acceptors (Lipinski definition) is 6. The molecule has 1 amide bonds. The van der Waals surface area contributed by atoms with Gasteiger partial charge in [0.2, 0.25) is 6.79 Å². The number of ether oxygens (including phenoxy) is 2. The molecule has 0 spiro atoms. The molecule has 122 valence electrons. The first-order valence-electron chi connectivity index (χ1n) is 6.71. The number of nitrogens with one attached hydrogen (secondary N) is 1. The van der Waals surface area contributed by atoms with Crippen molar-refractivity contribution in [2.24, 2.45) is 5.10 Å². The van der Waals surface area contributed by atoms with Crippen molar-refractivity contribution in [1.29, 1.82) is 0 Å². The van der Waals surface area contributed by atoms with Gasteiger partial charge in [-0.2, -0.15) is 5.10 Å². The van der Waals surface area contributed by atoms with Gasteiger partial charge in [0.15, 0.2) is 11.5 Å². The Morgan fingerprint density at radius 3 is 2.75 bits per heavy atom. The lowest BCUT2D eigenvalue weighted by atomic mass is 10.1. The van der Waals surface area contributed by atoms with E-state index in [0.29, 0.717) is 22.1 Å². The van der Waals surface area contributed by atoms with Crippen LogP contribution in [0.2, 0.25) is 5.02 Å². The Morgan fingerprint density at radius 2 is 2.04 bits per heavy atom. The number of carbonyl (C=O) groups is 1. The Kier molecular flexibility index (Phi) is 4.30. The topological polar surface area (TPSA) is 103 Å². The van der Waals surface area contributed by atoms with Gasteiger partial charge >= 0.3 is 0 Å². The Morgan fingerprint density at radius 1 is 1.29 bits per heavy atom. The normalized spacial score (nSPS) is 12.4. The summed E-state index contributed by atoms with van der Waals surface area (Å²) in [4.78, 5) is 22.5. The van der Waals surface area contributed by atoms with Gasteiger partial charge in [0, 0.05) is 10.6 Å². The van der Waals surface area contributed by atoms with Crippen molar-refractivity contribution in [3.63, 3.8) is 0 Å². The van der Waals surface area contributed by atoms with Crippen molar-refractivity contribution in [3.05, 3.63) is 62.7 Å². The Hall–Kier alpha value is -3.13. The van der Waals surface area contributed by atoms with Gasteiger partial charge in [0.25, 0.3) is 11.6 Å². The molecule has 0 radical (unpaired) electrons. The number of fused-ring (bicyclic) bond motifs is 1. The lowest BCUT2D eigenvalue weighted by Crippen LogP contribution is -2.17. The van der Waals surface area contributed by atoms with Gasteiger partial charge in [-0.05, 0) is 24.3 Å². The summed E-state index contributed by atoms with van der Waals surface area (Å²) in [5, 5.41) is 15.3. The molecule has 2 aromatic rings. The summed E-state index contributed by atoms with van der Waals surface area (Å²) < 4.78 is 10.3. The highest BCUT2D eigenvalue weighted by atomic mass is 35.5. The van der Waals surface area contributed by atoms with E-state index in [4.69, 9.17) is 21.1 Å². The number of benzene rings is 2. The zero-order valence-corrected chi connectivity index (χ0v) is 12.8. The van der Waals surface area contributed by atoms with Crippen LogP contribution in [0.4, 0.5) is 5.69 Å². The second kappa shape index (κ2) is 6.55. The van der Waals surface area contributed by atoms with Crippen LogP contribution in [0.5, 0.6) is 11.5 Å². The summed E-state index contributed by atoms with van der Waals surface area (Å²) in [7, 11) is 0. The van der Waals surface area contributed by atoms with Crippen LogP contribution in [-0.4, -0.2) is 23.8 Å². The maximum Gasteiger partial charge on any atom is 0.282 e. The van der Waals surface area contributed by atoms with E-state index in [1.165, 1.54) is 24.4 Å². The van der Waals surface area contributed by atoms with E-state index in [-0.39, 0.29) is 18.0 Å². The van der Waals surface area contributed by atoms with Crippen LogP contribution < -0.4 is 14.9 Å². The Labute approximate surface area is 140 Å². The molecular weight excluding hydrogens is 338 g/mol. The van der Waals surface area contributed by atoms with Gasteiger partial charge < -0.3 is 9.47 Å². The molecule has 24 heavy (non-hydrogen) atoms. The molecule has 0 bridgehead atoms. The first-order valence-corrected chi connectivity index (χ1v) is 7.09. The molecule has 0 saturated heterocycles. The lowest BCUT2D eigenvalue weighted by Gasteiger charge is -2.02. The zero-order chi connectivity index (χ0) is 17.1. The SMILES string of the molecule is O=C(N/N=C/c1cc2c(cc1[N+](=O)[O-])OCO2)c1cccc(Cl)c1. The average Bonchev–Trinajstić information content (AvgIpc) is 3.01. The minimum Gasteiger partial charge on any atom is -0.454 e. The van der Waals surface area contributed by atoms with E-state index in [2.05, 4.69) is 10.5 Å². The second-order valence-electron chi connectivity index (χ2n) is 4.73. The summed E-state index contributed by atoms with van der Waals surface area (Å²) in [6, 6.07) is 8.99. The molecule has 0 aromatic heterocycles. The van der Waals surface area contributed by atoms with Crippen LogP contribution in [-0.2, 0) is 0 Å². The quantitative estimate of drug-likeness (QED) is 0.520. The van der Waals surface area contributed by atoms with Crippen LogP contribution in [0.25, 0.3) is 0 Å². The molecule has 1 N–H and O–H groups in total. The number of nitro groups is 1. The number of hydrazone groups is 1. The Balaban J connectivity index is 1.79. The smallest absolute Gasteiger partial charge is 0.282 e. The van der Waals surface area contributed by atoms with Crippen molar-refractivity contribution in [3.8, 4) is 11.5 Å². The molecular formula is C15H10ClN3O5. The highest BCUT2D eigenvalue weighted by Gasteiger charge is 2.22. The number of nitrogens with zero attached hydrogens (tertiary/aromatic N) is 2. The molecule has 3 rings (SSSR count). The third-order valence-corrected chi connectivity index (χ3v) is 3.41. The average molecular weight is 348 g/mol. The van der Waals surface area contributed by atoms with Crippen molar-refractivity contribution < 1.29 is 19.2 Å². The molecule has 1 aliphatic heterocycles. The van der Waals surface area contributed by atoms with Crippen molar-refractivity contribution in [2.45, 2.75) is 0 Å². The predicted molar refractivity (Wildman–Crippen MR) is 85.7 cm³/mol. The second-order valence-corrected chi connectivity index (χ2v) is 5.17. The molecule has 0 aliphatic carbocycles. The van der Waals surface area contributed by atoms with Crippen molar-refractivity contribution in [1.82, 2.24) is 5.43 Å². The van der Waals surface area contributed by atoms with Crippen LogP contribution in [0.1, 0.15) is 15.9 Å². The number of hydrogen-bond donors (Lipinski definition) is 1. The molecule has 0 saturated carbocycles. The number of rotatable bonds is 4. The number of amides is 1. The largest absolute Gasteiger partial charge is 0.454 e. The van der Waals surface area contributed by atoms with Crippen LogP contribution in [0.3, 0.4) is 0 Å². The van der Waals surface area contributed by atoms with E-state index in [1.807, 2.05) is 0 Å². The molecule has 8 nitrogen and oxygen atoms in total. The molecule has 0 unspecified atom stereocenters. The lowest BCUT2D eigenvalue weighted by molar-refractivity contribution is -0.385. The number of nitro benzene ring substituents is 1. The van der Waals surface area contributed by atoms with Gasteiger partial charge in [-0.3, -0.25) is 14.9 Å². The summed E-state index contributed by atoms with van der Waals surface area (Å²) in [6.45, 7) is -0.00140. The molecule has 0 fully saturated rings. The van der Waals surface area contributed by atoms with E-state index in [1.54, 1.807) is 18.2 Å². The minimum absolute atomic E-state index is 0.00140. The standard InChI is InChI=1S/C15H10ClN3O5/c16-11-3-1-2-9(4-11)15(20)18-17-7-10-5-13-14(24-8-23-13)6-12(10)19(21)22/h1-7H,8H2,(H,18,20)/b17-7+. The fourth-order valence-electron chi connectivity index (χ4n) is 2.06. The summed E-state index contributed by atoms with van der Waals surface area (Å²) in [5.74, 6) is 0.183. The third-order valence-electron chi connectivity index (χ3n) is 3.18. The summed E-state index contributed by atoms with van der Waals surface area (Å²) in [6.07, 6.45) is 1.17. The van der Waals surface area contributed by atoms with Crippen LogP contribution in [0, 0.1) is 10.1 Å². The fourth-order valence-corrected chi connectivity index (χ4v) is 2.25. The molecule has 1 heterocycles. The third kappa shape index (κ3) is 3.28. The molecule has 0 atom stereocenters. The maximum atomic E-state index is 11.9. The first kappa shape index (κ1) is 15.8. The molecule has 2 aromatic carbocycles. The first-order chi connectivity index (χ1) is 11.5. The number of carbonyl (C=O) groups excluding carboxylic acids is 1. The summed E-state index contributed by atoms with van der Waals surface area (Å²) in [5.41, 5.74) is 2.57. The highest BCUT2D eigenvalue weighted by Crippen LogP contribution is 2.37. The zero-order valence-electron chi connectivity index (χ0n) is 12.1. The van der Waals surface area contributed by atoms with Crippen molar-refractivity contribution in [2.75, 3.05) is 6.79 Å². The van der Waals surface area contributed by atoms with Gasteiger partial charge in [-0.15, -0.1) is 0 Å². The fraction of sp³-hybridized carbons (Fsp3) is 0.0667. The predicted octanol–water partition coefficient (Wildman–Crippen LogP) is 2.74.